The molecule has 0 bridgehead atoms. The van der Waals surface area contributed by atoms with Crippen LogP contribution in [0.15, 0.2) is 94.7 Å². The number of rotatable bonds is 2. The predicted octanol–water partition coefficient (Wildman–Crippen LogP) is 8.80. The minimum absolute atomic E-state index is 0.0325. The van der Waals surface area contributed by atoms with Crippen molar-refractivity contribution in [1.82, 2.24) is 0 Å². The zero-order valence-corrected chi connectivity index (χ0v) is 22.3. The fourth-order valence-corrected chi connectivity index (χ4v) is 7.17. The topological polar surface area (TPSA) is 95.2 Å². The van der Waals surface area contributed by atoms with Gasteiger partial charge in [0.2, 0.25) is 0 Å². The smallest absolute Gasteiger partial charge is 0.138 e. The molecule has 0 spiro atoms. The summed E-state index contributed by atoms with van der Waals surface area (Å²) in [6, 6.07) is 32.9. The molecule has 0 unspecified atom stereocenters. The lowest BCUT2D eigenvalue weighted by atomic mass is 9.93. The Hall–Kier alpha value is -5.50. The molecular formula is C34H14N4S2. The number of hydrogen-bond acceptors (Lipinski definition) is 6. The second-order valence-electron chi connectivity index (χ2n) is 9.37. The van der Waals surface area contributed by atoms with Gasteiger partial charge >= 0.3 is 0 Å². The number of fused-ring (bicyclic) bond motifs is 6. The first-order chi connectivity index (χ1) is 19.7. The van der Waals surface area contributed by atoms with Gasteiger partial charge < -0.3 is 0 Å². The maximum absolute atomic E-state index is 9.94. The summed E-state index contributed by atoms with van der Waals surface area (Å²) >= 11 is 3.26. The summed E-state index contributed by atoms with van der Waals surface area (Å²) in [5.41, 5.74) is 10.2. The standard InChI is InChI=1S/C34H14N4S2/c35-15-21(16-36)33-27-11-19(31-3-1-9-39-31)5-7-23(27)25-13-26-24-8-6-20(32-4-2-10-40-32)12-28(24)34(22(17-37)18-38)30(26)14-29(25)33/h1-14H. The fourth-order valence-electron chi connectivity index (χ4n) is 5.73. The monoisotopic (exact) mass is 542 g/mol. The van der Waals surface area contributed by atoms with E-state index in [1.54, 1.807) is 22.7 Å². The summed E-state index contributed by atoms with van der Waals surface area (Å²) in [5.74, 6) is 0. The Morgan fingerprint density at radius 1 is 0.450 bits per heavy atom. The molecule has 0 N–H and O–H groups in total. The molecule has 182 valence electrons. The van der Waals surface area contributed by atoms with Crippen LogP contribution in [0.25, 0.3) is 54.3 Å². The molecule has 2 heterocycles. The molecule has 2 aromatic heterocycles. The third-order valence-corrected chi connectivity index (χ3v) is 9.25. The van der Waals surface area contributed by atoms with E-state index in [0.29, 0.717) is 11.1 Å². The first-order valence-corrected chi connectivity index (χ1v) is 14.1. The van der Waals surface area contributed by atoms with Crippen LogP contribution in [-0.2, 0) is 0 Å². The van der Waals surface area contributed by atoms with E-state index in [1.165, 1.54) is 0 Å². The largest absolute Gasteiger partial charge is 0.192 e. The molecule has 0 aliphatic heterocycles. The zero-order valence-electron chi connectivity index (χ0n) is 20.7. The molecule has 6 heteroatoms. The van der Waals surface area contributed by atoms with Crippen molar-refractivity contribution >= 4 is 33.8 Å². The molecule has 0 radical (unpaired) electrons. The SMILES string of the molecule is N#CC(C#N)=C1c2cc(-c3cccs3)ccc2-c2cc3c(cc21)C(=C(C#N)C#N)c1cc(-c2cccs2)ccc1-3. The first-order valence-electron chi connectivity index (χ1n) is 12.3. The average molecular weight is 543 g/mol. The normalized spacial score (nSPS) is 11.8. The van der Waals surface area contributed by atoms with Crippen LogP contribution in [0.2, 0.25) is 0 Å². The molecule has 7 rings (SSSR count). The Labute approximate surface area is 238 Å². The highest BCUT2D eigenvalue weighted by molar-refractivity contribution is 7.13. The van der Waals surface area contributed by atoms with Gasteiger partial charge in [0.05, 0.1) is 0 Å². The summed E-state index contributed by atoms with van der Waals surface area (Å²) in [7, 11) is 0. The van der Waals surface area contributed by atoms with Crippen LogP contribution in [0.3, 0.4) is 0 Å². The van der Waals surface area contributed by atoms with Crippen molar-refractivity contribution in [3.8, 4) is 67.4 Å². The van der Waals surface area contributed by atoms with E-state index in [9.17, 15) is 21.0 Å². The highest BCUT2D eigenvalue weighted by Crippen LogP contribution is 2.54. The van der Waals surface area contributed by atoms with Crippen molar-refractivity contribution in [3.63, 3.8) is 0 Å². The van der Waals surface area contributed by atoms with Crippen molar-refractivity contribution in [2.45, 2.75) is 0 Å². The van der Waals surface area contributed by atoms with Crippen LogP contribution in [0, 0.1) is 45.3 Å². The second-order valence-corrected chi connectivity index (χ2v) is 11.3. The summed E-state index contributed by atoms with van der Waals surface area (Å²) in [5, 5.41) is 43.8. The van der Waals surface area contributed by atoms with Gasteiger partial charge in [-0.2, -0.15) is 21.0 Å². The van der Waals surface area contributed by atoms with Gasteiger partial charge in [-0.25, -0.2) is 0 Å². The van der Waals surface area contributed by atoms with Crippen LogP contribution < -0.4 is 0 Å². The van der Waals surface area contributed by atoms with Gasteiger partial charge in [-0.05, 0) is 103 Å². The van der Waals surface area contributed by atoms with Gasteiger partial charge in [0.25, 0.3) is 0 Å². The van der Waals surface area contributed by atoms with Crippen molar-refractivity contribution in [2.24, 2.45) is 0 Å². The Balaban J connectivity index is 1.53. The molecule has 0 saturated heterocycles. The Morgan fingerprint density at radius 3 is 1.23 bits per heavy atom. The molecule has 0 amide bonds. The van der Waals surface area contributed by atoms with E-state index in [1.807, 2.05) is 53.2 Å². The number of nitrogens with zero attached hydrogens (tertiary/aromatic N) is 4. The van der Waals surface area contributed by atoms with Crippen LogP contribution in [0.5, 0.6) is 0 Å². The van der Waals surface area contributed by atoms with E-state index in [-0.39, 0.29) is 11.1 Å². The van der Waals surface area contributed by atoms with Gasteiger partial charge in [0.15, 0.2) is 0 Å². The van der Waals surface area contributed by atoms with E-state index in [2.05, 4.69) is 54.6 Å². The van der Waals surface area contributed by atoms with Crippen LogP contribution in [0.1, 0.15) is 22.3 Å². The van der Waals surface area contributed by atoms with Crippen LogP contribution in [-0.4, -0.2) is 0 Å². The highest BCUT2D eigenvalue weighted by atomic mass is 32.1. The molecule has 40 heavy (non-hydrogen) atoms. The predicted molar refractivity (Wildman–Crippen MR) is 158 cm³/mol. The maximum atomic E-state index is 9.94. The third kappa shape index (κ3) is 3.32. The second kappa shape index (κ2) is 9.06. The Kier molecular flexibility index (Phi) is 5.35. The number of allylic oxidation sites excluding steroid dienone is 2. The maximum Gasteiger partial charge on any atom is 0.138 e. The Bertz CT molecular complexity index is 1950. The van der Waals surface area contributed by atoms with Gasteiger partial charge in [-0.15, -0.1) is 22.7 Å². The third-order valence-electron chi connectivity index (χ3n) is 7.41. The van der Waals surface area contributed by atoms with Crippen molar-refractivity contribution in [2.75, 3.05) is 0 Å². The van der Waals surface area contributed by atoms with E-state index < -0.39 is 0 Å². The minimum Gasteiger partial charge on any atom is -0.192 e. The molecule has 2 aliphatic carbocycles. The van der Waals surface area contributed by atoms with Gasteiger partial charge in [-0.3, -0.25) is 0 Å². The van der Waals surface area contributed by atoms with Crippen LogP contribution in [0.4, 0.5) is 0 Å². The number of thiophene rings is 2. The molecule has 0 atom stereocenters. The lowest BCUT2D eigenvalue weighted by Crippen LogP contribution is -1.92. The van der Waals surface area contributed by atoms with Crippen molar-refractivity contribution < 1.29 is 0 Å². The van der Waals surface area contributed by atoms with Gasteiger partial charge in [-0.1, -0.05) is 36.4 Å². The molecule has 0 fully saturated rings. The van der Waals surface area contributed by atoms with Gasteiger partial charge in [0.1, 0.15) is 35.4 Å². The summed E-state index contributed by atoms with van der Waals surface area (Å²) in [6.45, 7) is 0. The summed E-state index contributed by atoms with van der Waals surface area (Å²) < 4.78 is 0. The van der Waals surface area contributed by atoms with Crippen molar-refractivity contribution in [1.29, 1.82) is 21.0 Å². The summed E-state index contributed by atoms with van der Waals surface area (Å²) in [4.78, 5) is 2.20. The molecule has 0 saturated carbocycles. The number of nitriles is 4. The van der Waals surface area contributed by atoms with E-state index in [4.69, 9.17) is 0 Å². The lowest BCUT2D eigenvalue weighted by molar-refractivity contribution is 1.45. The molecular weight excluding hydrogens is 529 g/mol. The quantitative estimate of drug-likeness (QED) is 0.204. The average Bonchev–Trinajstić information content (AvgIpc) is 3.80. The molecule has 2 aliphatic rings. The summed E-state index contributed by atoms with van der Waals surface area (Å²) in [6.07, 6.45) is 0. The molecule has 5 aromatic rings. The van der Waals surface area contributed by atoms with Gasteiger partial charge in [0, 0.05) is 20.9 Å². The van der Waals surface area contributed by atoms with E-state index >= 15 is 0 Å². The zero-order chi connectivity index (χ0) is 27.4. The number of hydrogen-bond donors (Lipinski definition) is 0. The fraction of sp³-hybridized carbons (Fsp3) is 0. The minimum atomic E-state index is 0.0325. The number of benzene rings is 3. The van der Waals surface area contributed by atoms with Crippen molar-refractivity contribution in [3.05, 3.63) is 117 Å². The molecule has 3 aromatic carbocycles. The van der Waals surface area contributed by atoms with E-state index in [0.717, 1.165) is 65.4 Å². The molecule has 4 nitrogen and oxygen atoms in total. The first kappa shape index (κ1) is 23.6. The lowest BCUT2D eigenvalue weighted by Gasteiger charge is -2.08. The van der Waals surface area contributed by atoms with Crippen LogP contribution >= 0.6 is 22.7 Å². The highest BCUT2D eigenvalue weighted by Gasteiger charge is 2.34. The Morgan fingerprint density at radius 2 is 0.850 bits per heavy atom.